The first-order valence-corrected chi connectivity index (χ1v) is 10.7. The molecule has 2 fully saturated rings. The van der Waals surface area contributed by atoms with Gasteiger partial charge in [0, 0.05) is 36.2 Å². The Morgan fingerprint density at radius 1 is 1.24 bits per heavy atom. The van der Waals surface area contributed by atoms with Gasteiger partial charge in [-0.3, -0.25) is 14.0 Å². The van der Waals surface area contributed by atoms with Gasteiger partial charge in [0.1, 0.15) is 0 Å². The van der Waals surface area contributed by atoms with Gasteiger partial charge in [-0.05, 0) is 68.1 Å². The fourth-order valence-corrected chi connectivity index (χ4v) is 4.86. The van der Waals surface area contributed by atoms with E-state index in [0.29, 0.717) is 12.1 Å². The molecule has 1 unspecified atom stereocenters. The molecule has 0 aliphatic carbocycles. The molecule has 5 nitrogen and oxygen atoms in total. The molecule has 2 saturated heterocycles. The second kappa shape index (κ2) is 8.93. The van der Waals surface area contributed by atoms with E-state index >= 15 is 0 Å². The van der Waals surface area contributed by atoms with Crippen molar-refractivity contribution in [3.05, 3.63) is 34.9 Å². The molecule has 140 valence electrons. The lowest BCUT2D eigenvalue weighted by molar-refractivity contribution is 0.00732. The van der Waals surface area contributed by atoms with Crippen LogP contribution in [0.5, 0.6) is 0 Å². The summed E-state index contributed by atoms with van der Waals surface area (Å²) in [5.74, 6) is 0.123. The maximum atomic E-state index is 11.2. The minimum absolute atomic E-state index is 0.123. The molecule has 2 aliphatic rings. The third-order valence-electron chi connectivity index (χ3n) is 5.45. The van der Waals surface area contributed by atoms with Gasteiger partial charge in [0.25, 0.3) is 0 Å². The number of nitrogens with zero attached hydrogens (tertiary/aromatic N) is 2. The first-order chi connectivity index (χ1) is 12.0. The summed E-state index contributed by atoms with van der Waals surface area (Å²) in [7, 11) is 0. The van der Waals surface area contributed by atoms with Crippen molar-refractivity contribution in [2.75, 3.05) is 32.1 Å². The summed E-state index contributed by atoms with van der Waals surface area (Å²) >= 11 is 3.98. The smallest absolute Gasteiger partial charge is 0.0616 e. The Balaban J connectivity index is 1.76. The lowest BCUT2D eigenvalue weighted by atomic mass is 9.95. The van der Waals surface area contributed by atoms with Crippen LogP contribution in [-0.2, 0) is 17.5 Å². The minimum atomic E-state index is -2.03. The first kappa shape index (κ1) is 19.3. The third-order valence-corrected chi connectivity index (χ3v) is 6.24. The van der Waals surface area contributed by atoms with Gasteiger partial charge in [-0.2, -0.15) is 0 Å². The van der Waals surface area contributed by atoms with E-state index in [2.05, 4.69) is 34.2 Å². The predicted molar refractivity (Wildman–Crippen MR) is 101 cm³/mol. The summed E-state index contributed by atoms with van der Waals surface area (Å²) < 4.78 is 22.4. The summed E-state index contributed by atoms with van der Waals surface area (Å²) in [5.41, 5.74) is 1.26. The molecule has 0 amide bonds. The van der Waals surface area contributed by atoms with Crippen LogP contribution in [-0.4, -0.2) is 68.7 Å². The van der Waals surface area contributed by atoms with Gasteiger partial charge in [0.2, 0.25) is 0 Å². The number of piperazine rings is 1. The standard InChI is InChI=1S/C18H28ClN3O2S/c1-14-11-22(17-6-8-20-9-7-17)18(12-21(14)13-25(23)24)10-15-2-4-16(19)5-3-15/h2-5,14,17-18,20H,6-13H2,1H3,(H,23,24)/p-1/t14-,18-/m0/s1. The molecule has 1 aromatic carbocycles. The Morgan fingerprint density at radius 3 is 2.56 bits per heavy atom. The van der Waals surface area contributed by atoms with Gasteiger partial charge in [-0.25, -0.2) is 0 Å². The van der Waals surface area contributed by atoms with Gasteiger partial charge >= 0.3 is 0 Å². The molecule has 2 heterocycles. The SMILES string of the molecule is C[C@H]1CN(C2CCNCC2)[C@@H](Cc2ccc(Cl)cc2)CN1CS(=O)[O-]. The van der Waals surface area contributed by atoms with Crippen molar-refractivity contribution in [2.24, 2.45) is 0 Å². The molecule has 0 spiro atoms. The number of hydrogen-bond acceptors (Lipinski definition) is 5. The Kier molecular flexibility index (Phi) is 6.88. The van der Waals surface area contributed by atoms with Gasteiger partial charge in [0.05, 0.1) is 5.88 Å². The van der Waals surface area contributed by atoms with E-state index in [9.17, 15) is 8.76 Å². The van der Waals surface area contributed by atoms with Crippen molar-refractivity contribution in [3.63, 3.8) is 0 Å². The van der Waals surface area contributed by atoms with Gasteiger partial charge < -0.3 is 9.87 Å². The van der Waals surface area contributed by atoms with E-state index in [-0.39, 0.29) is 11.9 Å². The zero-order valence-electron chi connectivity index (χ0n) is 14.7. The highest BCUT2D eigenvalue weighted by Crippen LogP contribution is 2.25. The molecular weight excluding hydrogens is 358 g/mol. The highest BCUT2D eigenvalue weighted by molar-refractivity contribution is 7.79. The van der Waals surface area contributed by atoms with E-state index in [1.54, 1.807) is 0 Å². The quantitative estimate of drug-likeness (QED) is 0.785. The number of piperidine rings is 1. The van der Waals surface area contributed by atoms with Crippen LogP contribution < -0.4 is 5.32 Å². The molecule has 0 bridgehead atoms. The Morgan fingerprint density at radius 2 is 1.92 bits per heavy atom. The van der Waals surface area contributed by atoms with Crippen LogP contribution >= 0.6 is 11.6 Å². The Hall–Kier alpha value is -0.500. The average Bonchev–Trinajstić information content (AvgIpc) is 2.60. The van der Waals surface area contributed by atoms with Crippen LogP contribution in [0, 0.1) is 0 Å². The molecule has 1 N–H and O–H groups in total. The van der Waals surface area contributed by atoms with Crippen molar-refractivity contribution in [2.45, 2.75) is 44.3 Å². The lowest BCUT2D eigenvalue weighted by Gasteiger charge is -2.49. The van der Waals surface area contributed by atoms with Crippen molar-refractivity contribution in [1.82, 2.24) is 15.1 Å². The van der Waals surface area contributed by atoms with Crippen LogP contribution in [0.25, 0.3) is 0 Å². The Labute approximate surface area is 158 Å². The highest BCUT2D eigenvalue weighted by Gasteiger charge is 2.35. The number of halogens is 1. The summed E-state index contributed by atoms with van der Waals surface area (Å²) in [6, 6.07) is 9.21. The fraction of sp³-hybridized carbons (Fsp3) is 0.667. The van der Waals surface area contributed by atoms with E-state index in [1.165, 1.54) is 5.56 Å². The molecule has 3 rings (SSSR count). The van der Waals surface area contributed by atoms with Gasteiger partial charge in [0.15, 0.2) is 0 Å². The topological polar surface area (TPSA) is 58.6 Å². The summed E-state index contributed by atoms with van der Waals surface area (Å²) in [6.45, 7) is 6.00. The van der Waals surface area contributed by atoms with E-state index in [0.717, 1.165) is 50.5 Å². The normalized spacial score (nSPS) is 28.1. The van der Waals surface area contributed by atoms with Crippen molar-refractivity contribution < 1.29 is 8.76 Å². The van der Waals surface area contributed by atoms with Crippen molar-refractivity contribution >= 4 is 22.7 Å². The van der Waals surface area contributed by atoms with Gasteiger partial charge in [-0.1, -0.05) is 23.7 Å². The van der Waals surface area contributed by atoms with Crippen molar-refractivity contribution in [1.29, 1.82) is 0 Å². The maximum absolute atomic E-state index is 11.2. The van der Waals surface area contributed by atoms with Crippen molar-refractivity contribution in [3.8, 4) is 0 Å². The largest absolute Gasteiger partial charge is 0.771 e. The lowest BCUT2D eigenvalue weighted by Crippen LogP contribution is -2.62. The van der Waals surface area contributed by atoms with Crippen LogP contribution in [0.15, 0.2) is 24.3 Å². The number of hydrogen-bond donors (Lipinski definition) is 1. The van der Waals surface area contributed by atoms with E-state index in [4.69, 9.17) is 11.6 Å². The zero-order chi connectivity index (χ0) is 17.8. The monoisotopic (exact) mass is 384 g/mol. The summed E-state index contributed by atoms with van der Waals surface area (Å²) in [6.07, 6.45) is 3.25. The van der Waals surface area contributed by atoms with Crippen LogP contribution in [0.4, 0.5) is 0 Å². The molecule has 0 aromatic heterocycles. The second-order valence-corrected chi connectivity index (χ2v) is 8.52. The molecule has 25 heavy (non-hydrogen) atoms. The molecule has 0 saturated carbocycles. The Bertz CT molecular complexity index is 580. The number of rotatable bonds is 5. The number of benzene rings is 1. The van der Waals surface area contributed by atoms with Crippen LogP contribution in [0.3, 0.4) is 0 Å². The second-order valence-electron chi connectivity index (χ2n) is 7.22. The molecule has 1 aromatic rings. The molecule has 2 aliphatic heterocycles. The predicted octanol–water partition coefficient (Wildman–Crippen LogP) is 1.85. The number of nitrogens with one attached hydrogen (secondary N) is 1. The molecular formula is C18H27ClN3O2S-. The zero-order valence-corrected chi connectivity index (χ0v) is 16.3. The van der Waals surface area contributed by atoms with Crippen LogP contribution in [0.1, 0.15) is 25.3 Å². The highest BCUT2D eigenvalue weighted by atomic mass is 35.5. The van der Waals surface area contributed by atoms with E-state index < -0.39 is 11.1 Å². The fourth-order valence-electron chi connectivity index (χ4n) is 4.10. The molecule has 7 heteroatoms. The minimum Gasteiger partial charge on any atom is -0.771 e. The maximum Gasteiger partial charge on any atom is 0.0616 e. The average molecular weight is 385 g/mol. The van der Waals surface area contributed by atoms with Gasteiger partial charge in [-0.15, -0.1) is 0 Å². The van der Waals surface area contributed by atoms with Crippen LogP contribution in [0.2, 0.25) is 5.02 Å². The third kappa shape index (κ3) is 5.25. The molecule has 3 atom stereocenters. The summed E-state index contributed by atoms with van der Waals surface area (Å²) in [5, 5.41) is 4.19. The first-order valence-electron chi connectivity index (χ1n) is 9.03. The van der Waals surface area contributed by atoms with E-state index in [1.807, 2.05) is 12.1 Å². The molecule has 0 radical (unpaired) electrons. The summed E-state index contributed by atoms with van der Waals surface area (Å²) in [4.78, 5) is 4.73.